The van der Waals surface area contributed by atoms with Crippen LogP contribution in [0, 0.1) is 18.8 Å². The standard InChI is InChI=1S/C15H23N3S/c1-10-5-3-4-6-12(10)9-17-14-8-13(15(16)19)7-11(2)18-14/h7-8,10,12H,3-6,9H2,1-2H3,(H2,16,19)(H,17,18). The van der Waals surface area contributed by atoms with Gasteiger partial charge in [-0.1, -0.05) is 38.4 Å². The minimum atomic E-state index is 0.430. The molecule has 0 aromatic carbocycles. The monoisotopic (exact) mass is 277 g/mol. The van der Waals surface area contributed by atoms with Gasteiger partial charge in [0.25, 0.3) is 0 Å². The van der Waals surface area contributed by atoms with E-state index in [2.05, 4.69) is 17.2 Å². The minimum Gasteiger partial charge on any atom is -0.389 e. The van der Waals surface area contributed by atoms with Crippen LogP contribution in [0.2, 0.25) is 0 Å². The summed E-state index contributed by atoms with van der Waals surface area (Å²) in [6.07, 6.45) is 5.41. The van der Waals surface area contributed by atoms with Crippen LogP contribution in [0.15, 0.2) is 12.1 Å². The van der Waals surface area contributed by atoms with E-state index in [1.54, 1.807) is 0 Å². The fourth-order valence-corrected chi connectivity index (χ4v) is 2.95. The zero-order valence-electron chi connectivity index (χ0n) is 11.8. The lowest BCUT2D eigenvalue weighted by Crippen LogP contribution is -2.24. The number of pyridine rings is 1. The molecule has 1 heterocycles. The van der Waals surface area contributed by atoms with Crippen LogP contribution >= 0.6 is 12.2 Å². The molecule has 1 aliphatic carbocycles. The molecule has 4 heteroatoms. The van der Waals surface area contributed by atoms with Gasteiger partial charge < -0.3 is 11.1 Å². The molecule has 3 nitrogen and oxygen atoms in total. The average molecular weight is 277 g/mol. The molecule has 1 aromatic rings. The van der Waals surface area contributed by atoms with Crippen LogP contribution in [-0.4, -0.2) is 16.5 Å². The summed E-state index contributed by atoms with van der Waals surface area (Å²) in [5, 5.41) is 3.45. The predicted molar refractivity (Wildman–Crippen MR) is 84.5 cm³/mol. The summed E-state index contributed by atoms with van der Waals surface area (Å²) < 4.78 is 0. The second-order valence-corrected chi connectivity index (χ2v) is 6.09. The SMILES string of the molecule is Cc1cc(C(N)=S)cc(NCC2CCCCC2C)n1. The first-order chi connectivity index (χ1) is 9.06. The van der Waals surface area contributed by atoms with Gasteiger partial charge in [0.05, 0.1) is 0 Å². The Morgan fingerprint density at radius 2 is 2.16 bits per heavy atom. The van der Waals surface area contributed by atoms with Gasteiger partial charge in [-0.15, -0.1) is 0 Å². The van der Waals surface area contributed by atoms with Gasteiger partial charge >= 0.3 is 0 Å². The van der Waals surface area contributed by atoms with Crippen LogP contribution in [0.25, 0.3) is 0 Å². The fraction of sp³-hybridized carbons (Fsp3) is 0.600. The van der Waals surface area contributed by atoms with Crippen LogP contribution in [0.4, 0.5) is 5.82 Å². The smallest absolute Gasteiger partial charge is 0.126 e. The van der Waals surface area contributed by atoms with Crippen molar-refractivity contribution in [3.8, 4) is 0 Å². The Kier molecular flexibility index (Phi) is 4.75. The number of thiocarbonyl (C=S) groups is 1. The largest absolute Gasteiger partial charge is 0.389 e. The van der Waals surface area contributed by atoms with Crippen molar-refractivity contribution in [3.63, 3.8) is 0 Å². The van der Waals surface area contributed by atoms with Crippen molar-refractivity contribution in [3.05, 3.63) is 23.4 Å². The molecule has 2 rings (SSSR count). The third-order valence-corrected chi connectivity index (χ3v) is 4.31. The molecular weight excluding hydrogens is 254 g/mol. The van der Waals surface area contributed by atoms with Crippen molar-refractivity contribution in [1.82, 2.24) is 4.98 Å². The van der Waals surface area contributed by atoms with Gasteiger partial charge in [-0.2, -0.15) is 0 Å². The highest BCUT2D eigenvalue weighted by atomic mass is 32.1. The third-order valence-electron chi connectivity index (χ3n) is 4.07. The zero-order valence-corrected chi connectivity index (χ0v) is 12.6. The zero-order chi connectivity index (χ0) is 13.8. The predicted octanol–water partition coefficient (Wildman–Crippen LogP) is 3.26. The molecule has 0 bridgehead atoms. The van der Waals surface area contributed by atoms with Crippen LogP contribution in [0.3, 0.4) is 0 Å². The van der Waals surface area contributed by atoms with Crippen molar-refractivity contribution in [2.45, 2.75) is 39.5 Å². The van der Waals surface area contributed by atoms with Crippen molar-refractivity contribution in [1.29, 1.82) is 0 Å². The Bertz CT molecular complexity index is 459. The molecule has 0 spiro atoms. The van der Waals surface area contributed by atoms with Gasteiger partial charge in [-0.25, -0.2) is 4.98 Å². The number of aryl methyl sites for hydroxylation is 1. The molecule has 1 saturated carbocycles. The number of rotatable bonds is 4. The summed E-state index contributed by atoms with van der Waals surface area (Å²) in [5.74, 6) is 2.45. The molecule has 0 aliphatic heterocycles. The Morgan fingerprint density at radius 1 is 1.42 bits per heavy atom. The van der Waals surface area contributed by atoms with E-state index in [9.17, 15) is 0 Å². The quantitative estimate of drug-likeness (QED) is 0.829. The van der Waals surface area contributed by atoms with Crippen molar-refractivity contribution >= 4 is 23.0 Å². The molecule has 1 aliphatic rings. The first-order valence-electron chi connectivity index (χ1n) is 7.08. The van der Waals surface area contributed by atoms with Gasteiger partial charge in [0.1, 0.15) is 10.8 Å². The first kappa shape index (κ1) is 14.3. The van der Waals surface area contributed by atoms with E-state index in [-0.39, 0.29) is 0 Å². The summed E-state index contributed by atoms with van der Waals surface area (Å²) in [5.41, 5.74) is 7.53. The lowest BCUT2D eigenvalue weighted by molar-refractivity contribution is 0.268. The number of nitrogens with zero attached hydrogens (tertiary/aromatic N) is 1. The number of nitrogens with one attached hydrogen (secondary N) is 1. The highest BCUT2D eigenvalue weighted by molar-refractivity contribution is 7.80. The van der Waals surface area contributed by atoms with Gasteiger partial charge in [0.15, 0.2) is 0 Å². The highest BCUT2D eigenvalue weighted by Gasteiger charge is 2.20. The van der Waals surface area contributed by atoms with Crippen LogP contribution in [0.5, 0.6) is 0 Å². The van der Waals surface area contributed by atoms with E-state index in [4.69, 9.17) is 18.0 Å². The first-order valence-corrected chi connectivity index (χ1v) is 7.49. The topological polar surface area (TPSA) is 50.9 Å². The van der Waals surface area contributed by atoms with Crippen molar-refractivity contribution in [2.75, 3.05) is 11.9 Å². The van der Waals surface area contributed by atoms with Crippen molar-refractivity contribution in [2.24, 2.45) is 17.6 Å². The highest BCUT2D eigenvalue weighted by Crippen LogP contribution is 2.29. The minimum absolute atomic E-state index is 0.430. The van der Waals surface area contributed by atoms with Gasteiger partial charge in [-0.3, -0.25) is 0 Å². The van der Waals surface area contributed by atoms with E-state index in [1.807, 2.05) is 19.1 Å². The van der Waals surface area contributed by atoms with Gasteiger partial charge in [0, 0.05) is 17.8 Å². The third kappa shape index (κ3) is 3.90. The summed E-state index contributed by atoms with van der Waals surface area (Å²) in [6.45, 7) is 5.32. The van der Waals surface area contributed by atoms with E-state index < -0.39 is 0 Å². The summed E-state index contributed by atoms with van der Waals surface area (Å²) >= 11 is 5.03. The lowest BCUT2D eigenvalue weighted by Gasteiger charge is -2.29. The fourth-order valence-electron chi connectivity index (χ4n) is 2.83. The van der Waals surface area contributed by atoms with E-state index in [0.29, 0.717) is 4.99 Å². The summed E-state index contributed by atoms with van der Waals surface area (Å²) in [4.78, 5) is 4.93. The van der Waals surface area contributed by atoms with E-state index in [1.165, 1.54) is 25.7 Å². The number of hydrogen-bond donors (Lipinski definition) is 2. The molecule has 1 fully saturated rings. The van der Waals surface area contributed by atoms with Gasteiger partial charge in [-0.05, 0) is 37.3 Å². The Labute approximate surface area is 121 Å². The average Bonchev–Trinajstić information content (AvgIpc) is 2.37. The lowest BCUT2D eigenvalue weighted by atomic mass is 9.80. The van der Waals surface area contributed by atoms with Crippen LogP contribution in [-0.2, 0) is 0 Å². The number of aromatic nitrogens is 1. The molecule has 2 atom stereocenters. The van der Waals surface area contributed by atoms with Crippen molar-refractivity contribution < 1.29 is 0 Å². The summed E-state index contributed by atoms with van der Waals surface area (Å²) in [6, 6.07) is 3.87. The van der Waals surface area contributed by atoms with E-state index >= 15 is 0 Å². The molecule has 0 radical (unpaired) electrons. The molecule has 2 unspecified atom stereocenters. The molecule has 3 N–H and O–H groups in total. The van der Waals surface area contributed by atoms with Gasteiger partial charge in [0.2, 0.25) is 0 Å². The molecule has 0 amide bonds. The molecular formula is C15H23N3S. The van der Waals surface area contributed by atoms with Crippen LogP contribution < -0.4 is 11.1 Å². The maximum absolute atomic E-state index is 5.69. The molecule has 1 aromatic heterocycles. The Morgan fingerprint density at radius 3 is 2.84 bits per heavy atom. The summed E-state index contributed by atoms with van der Waals surface area (Å²) in [7, 11) is 0. The number of nitrogens with two attached hydrogens (primary N) is 1. The molecule has 19 heavy (non-hydrogen) atoms. The number of anilines is 1. The Balaban J connectivity index is 2.00. The Hall–Kier alpha value is -1.16. The molecule has 104 valence electrons. The van der Waals surface area contributed by atoms with E-state index in [0.717, 1.165) is 35.5 Å². The number of hydrogen-bond acceptors (Lipinski definition) is 3. The maximum atomic E-state index is 5.69. The second kappa shape index (κ2) is 6.33. The molecule has 0 saturated heterocycles. The second-order valence-electron chi connectivity index (χ2n) is 5.65. The normalized spacial score (nSPS) is 23.1. The van der Waals surface area contributed by atoms with Crippen LogP contribution in [0.1, 0.15) is 43.9 Å². The maximum Gasteiger partial charge on any atom is 0.126 e.